The molecule has 1 aliphatic rings. The first-order valence-corrected chi connectivity index (χ1v) is 8.75. The molecule has 2 unspecified atom stereocenters. The topological polar surface area (TPSA) is 3.24 Å². The van der Waals surface area contributed by atoms with Gasteiger partial charge in [0, 0.05) is 26.8 Å². The van der Waals surface area contributed by atoms with Crippen molar-refractivity contribution in [1.29, 1.82) is 0 Å². The second-order valence-corrected chi connectivity index (χ2v) is 7.90. The number of nitrogens with zero attached hydrogens (tertiary/aromatic N) is 1. The van der Waals surface area contributed by atoms with Gasteiger partial charge in [-0.3, -0.25) is 0 Å². The number of halogens is 2. The van der Waals surface area contributed by atoms with Crippen molar-refractivity contribution in [3.8, 4) is 0 Å². The molecule has 1 aliphatic carbocycles. The van der Waals surface area contributed by atoms with Crippen LogP contribution in [0.3, 0.4) is 0 Å². The van der Waals surface area contributed by atoms with Gasteiger partial charge in [0.25, 0.3) is 0 Å². The molecule has 1 nitrogen and oxygen atoms in total. The van der Waals surface area contributed by atoms with Crippen LogP contribution < -0.4 is 4.90 Å². The Labute approximate surface area is 137 Å². The quantitative estimate of drug-likeness (QED) is 0.443. The van der Waals surface area contributed by atoms with Crippen molar-refractivity contribution in [2.75, 3.05) is 18.5 Å². The Morgan fingerprint density at radius 1 is 1.33 bits per heavy atom. The zero-order valence-electron chi connectivity index (χ0n) is 10.7. The smallest absolute Gasteiger partial charge is 0.0480 e. The minimum atomic E-state index is 0.793. The fourth-order valence-corrected chi connectivity index (χ4v) is 4.40. The number of rotatable bonds is 4. The molecule has 0 spiro atoms. The van der Waals surface area contributed by atoms with Gasteiger partial charge in [-0.1, -0.05) is 53.3 Å². The number of hydrogen-bond acceptors (Lipinski definition) is 1. The molecule has 0 radical (unpaired) electrons. The van der Waals surface area contributed by atoms with E-state index in [-0.39, 0.29) is 0 Å². The maximum atomic E-state index is 2.61. The van der Waals surface area contributed by atoms with E-state index in [1.54, 1.807) is 0 Å². The van der Waals surface area contributed by atoms with E-state index in [4.69, 9.17) is 0 Å². The molecule has 1 aromatic carbocycles. The van der Waals surface area contributed by atoms with Crippen LogP contribution in [0.5, 0.6) is 0 Å². The van der Waals surface area contributed by atoms with Gasteiger partial charge in [-0.05, 0) is 53.5 Å². The van der Waals surface area contributed by atoms with Crippen LogP contribution in [0.4, 0.5) is 5.69 Å². The molecule has 0 saturated heterocycles. The molecule has 98 valence electrons. The third kappa shape index (κ3) is 4.11. The summed E-state index contributed by atoms with van der Waals surface area (Å²) in [5.41, 5.74) is 1.29. The minimum absolute atomic E-state index is 0.793. The summed E-state index contributed by atoms with van der Waals surface area (Å²) in [6, 6.07) is 10.6. The van der Waals surface area contributed by atoms with Crippen LogP contribution in [0.15, 0.2) is 40.0 Å². The Kier molecular flexibility index (Phi) is 5.79. The summed E-state index contributed by atoms with van der Waals surface area (Å²) >= 11 is 5.11. The number of para-hydroxylation sites is 1. The van der Waals surface area contributed by atoms with Crippen molar-refractivity contribution in [3.05, 3.63) is 40.0 Å². The fraction of sp³-hybridized carbons (Fsp3) is 0.467. The van der Waals surface area contributed by atoms with Crippen LogP contribution in [0.25, 0.3) is 0 Å². The highest BCUT2D eigenvalue weighted by Crippen LogP contribution is 2.34. The van der Waals surface area contributed by atoms with Crippen LogP contribution in [-0.2, 0) is 0 Å². The summed E-state index contributed by atoms with van der Waals surface area (Å²) < 4.78 is 2.31. The summed E-state index contributed by atoms with van der Waals surface area (Å²) in [6.45, 7) is 1.02. The molecule has 0 bridgehead atoms. The van der Waals surface area contributed by atoms with E-state index in [0.29, 0.717) is 0 Å². The lowest BCUT2D eigenvalue weighted by Gasteiger charge is -2.20. The Bertz CT molecular complexity index is 402. The molecule has 2 atom stereocenters. The van der Waals surface area contributed by atoms with Crippen LogP contribution in [0, 0.1) is 5.92 Å². The second-order valence-electron chi connectivity index (χ2n) is 4.92. The molecular formula is C15H19I2N. The zero-order chi connectivity index (χ0) is 13.0. The van der Waals surface area contributed by atoms with Crippen LogP contribution in [0.1, 0.15) is 19.3 Å². The maximum Gasteiger partial charge on any atom is 0.0480 e. The lowest BCUT2D eigenvalue weighted by molar-refractivity contribution is 0.710. The van der Waals surface area contributed by atoms with Crippen LogP contribution >= 0.6 is 45.2 Å². The molecule has 1 saturated carbocycles. The predicted octanol–water partition coefficient (Wildman–Crippen LogP) is 5.05. The van der Waals surface area contributed by atoms with Gasteiger partial charge in [0.05, 0.1) is 0 Å². The average Bonchev–Trinajstić information content (AvgIpc) is 2.76. The molecule has 1 aromatic rings. The largest absolute Gasteiger partial charge is 0.370 e. The highest BCUT2D eigenvalue weighted by Gasteiger charge is 2.23. The summed E-state index contributed by atoms with van der Waals surface area (Å²) in [6.07, 6.45) is 6.65. The van der Waals surface area contributed by atoms with E-state index >= 15 is 0 Å². The normalized spacial score (nSPS) is 24.3. The van der Waals surface area contributed by atoms with Gasteiger partial charge in [-0.15, -0.1) is 0 Å². The Hall–Kier alpha value is 0.220. The monoisotopic (exact) mass is 467 g/mol. The minimum Gasteiger partial charge on any atom is -0.370 e. The maximum absolute atomic E-state index is 2.61. The molecule has 1 fully saturated rings. The fourth-order valence-electron chi connectivity index (χ4n) is 2.42. The van der Waals surface area contributed by atoms with Gasteiger partial charge < -0.3 is 4.90 Å². The first-order valence-electron chi connectivity index (χ1n) is 6.43. The summed E-state index contributed by atoms with van der Waals surface area (Å²) in [5.74, 6) is 0.793. The third-order valence-corrected chi connectivity index (χ3v) is 5.71. The zero-order valence-corrected chi connectivity index (χ0v) is 15.0. The predicted molar refractivity (Wildman–Crippen MR) is 97.0 cm³/mol. The molecule has 0 heterocycles. The lowest BCUT2D eigenvalue weighted by Crippen LogP contribution is -2.19. The summed E-state index contributed by atoms with van der Waals surface area (Å²) in [5, 5.41) is 0. The van der Waals surface area contributed by atoms with Gasteiger partial charge in [-0.25, -0.2) is 0 Å². The second kappa shape index (κ2) is 7.12. The van der Waals surface area contributed by atoms with Crippen LogP contribution in [-0.4, -0.2) is 17.5 Å². The number of anilines is 1. The van der Waals surface area contributed by atoms with Gasteiger partial charge in [0.2, 0.25) is 0 Å². The summed E-state index contributed by atoms with van der Waals surface area (Å²) in [7, 11) is 2.16. The number of likely N-dealkylation sites (N-methyl/N-ethyl adjacent to an activating group) is 1. The molecule has 0 N–H and O–H groups in total. The highest BCUT2D eigenvalue weighted by molar-refractivity contribution is 14.1. The van der Waals surface area contributed by atoms with Crippen molar-refractivity contribution in [2.45, 2.75) is 23.2 Å². The van der Waals surface area contributed by atoms with Gasteiger partial charge in [0.15, 0.2) is 0 Å². The molecular weight excluding hydrogens is 448 g/mol. The van der Waals surface area contributed by atoms with E-state index in [9.17, 15) is 0 Å². The molecule has 0 aliphatic heterocycles. The van der Waals surface area contributed by atoms with Crippen molar-refractivity contribution in [2.24, 2.45) is 5.92 Å². The molecule has 18 heavy (non-hydrogen) atoms. The first-order chi connectivity index (χ1) is 8.66. The molecule has 0 aromatic heterocycles. The third-order valence-electron chi connectivity index (χ3n) is 3.46. The lowest BCUT2D eigenvalue weighted by atomic mass is 10.1. The van der Waals surface area contributed by atoms with Crippen LogP contribution in [0.2, 0.25) is 0 Å². The van der Waals surface area contributed by atoms with E-state index in [0.717, 1.165) is 16.4 Å². The molecule has 2 rings (SSSR count). The van der Waals surface area contributed by atoms with Crippen molar-refractivity contribution in [1.82, 2.24) is 0 Å². The van der Waals surface area contributed by atoms with Crippen molar-refractivity contribution >= 4 is 50.9 Å². The van der Waals surface area contributed by atoms with Crippen molar-refractivity contribution < 1.29 is 0 Å². The summed E-state index contributed by atoms with van der Waals surface area (Å²) in [4.78, 5) is 2.31. The number of benzene rings is 1. The van der Waals surface area contributed by atoms with E-state index in [1.807, 2.05) is 0 Å². The number of alkyl halides is 1. The van der Waals surface area contributed by atoms with Crippen molar-refractivity contribution in [3.63, 3.8) is 0 Å². The molecule has 0 amide bonds. The number of hydrogen-bond donors (Lipinski definition) is 0. The number of allylic oxidation sites excluding steroid dienone is 1. The van der Waals surface area contributed by atoms with E-state index < -0.39 is 0 Å². The van der Waals surface area contributed by atoms with Gasteiger partial charge in [0.1, 0.15) is 0 Å². The Balaban J connectivity index is 1.94. The Morgan fingerprint density at radius 2 is 2.06 bits per heavy atom. The first kappa shape index (κ1) is 14.6. The van der Waals surface area contributed by atoms with E-state index in [1.165, 1.54) is 28.5 Å². The van der Waals surface area contributed by atoms with E-state index in [2.05, 4.69) is 93.5 Å². The Morgan fingerprint density at radius 3 is 2.67 bits per heavy atom. The van der Waals surface area contributed by atoms with Gasteiger partial charge >= 0.3 is 0 Å². The SMILES string of the molecule is CN(C/C(I)=C/C1CCCC1I)c1ccccc1. The highest BCUT2D eigenvalue weighted by atomic mass is 127. The van der Waals surface area contributed by atoms with Gasteiger partial charge in [-0.2, -0.15) is 0 Å². The standard InChI is InChI=1S/C15H19I2N/c1-18(14-7-3-2-4-8-14)11-13(16)10-12-6-5-9-15(12)17/h2-4,7-8,10,12,15H,5-6,9,11H2,1H3/b13-10-. The molecule has 3 heteroatoms. The average molecular weight is 467 g/mol.